The van der Waals surface area contributed by atoms with Crippen molar-refractivity contribution in [2.75, 3.05) is 0 Å². The van der Waals surface area contributed by atoms with E-state index < -0.39 is 0 Å². The minimum Gasteiger partial charge on any atom is -0.508 e. The Morgan fingerprint density at radius 1 is 1.06 bits per heavy atom. The summed E-state index contributed by atoms with van der Waals surface area (Å²) in [5.41, 5.74) is 4.54. The molecule has 0 fully saturated rings. The molecule has 80 valence electrons. The topological polar surface area (TPSA) is 33.1 Å². The summed E-state index contributed by atoms with van der Waals surface area (Å²) in [5, 5.41) is 9.44. The van der Waals surface area contributed by atoms with Crippen molar-refractivity contribution in [3.8, 4) is 17.0 Å². The molecule has 0 amide bonds. The Labute approximate surface area is 94.6 Å². The highest BCUT2D eigenvalue weighted by Crippen LogP contribution is 2.26. The Hall–Kier alpha value is -1.83. The van der Waals surface area contributed by atoms with Gasteiger partial charge in [0.2, 0.25) is 0 Å². The number of aromatic hydroxyl groups is 1. The third-order valence-corrected chi connectivity index (χ3v) is 3.07. The number of aryl methyl sites for hydroxylation is 2. The van der Waals surface area contributed by atoms with Gasteiger partial charge in [-0.1, -0.05) is 18.2 Å². The second kappa shape index (κ2) is 3.63. The molecule has 0 radical (unpaired) electrons. The maximum absolute atomic E-state index is 9.44. The summed E-state index contributed by atoms with van der Waals surface area (Å²) in [5.74, 6) is 0.291. The summed E-state index contributed by atoms with van der Waals surface area (Å²) in [6, 6.07) is 11.5. The lowest BCUT2D eigenvalue weighted by Gasteiger charge is -2.04. The normalized spacial score (nSPS) is 13.8. The Balaban J connectivity index is 2.07. The molecule has 0 aliphatic heterocycles. The number of benzene rings is 1. The van der Waals surface area contributed by atoms with Crippen LogP contribution in [0.3, 0.4) is 0 Å². The lowest BCUT2D eigenvalue weighted by atomic mass is 10.1. The number of nitrogens with zero attached hydrogens (tertiary/aromatic N) is 1. The van der Waals surface area contributed by atoms with Gasteiger partial charge in [0, 0.05) is 11.3 Å². The van der Waals surface area contributed by atoms with Crippen LogP contribution in [-0.4, -0.2) is 10.1 Å². The number of hydrogen-bond acceptors (Lipinski definition) is 2. The molecule has 1 aliphatic carbocycles. The zero-order chi connectivity index (χ0) is 11.0. The Morgan fingerprint density at radius 2 is 2.00 bits per heavy atom. The van der Waals surface area contributed by atoms with E-state index in [2.05, 4.69) is 11.1 Å². The summed E-state index contributed by atoms with van der Waals surface area (Å²) in [4.78, 5) is 4.65. The number of pyridine rings is 1. The van der Waals surface area contributed by atoms with Crippen molar-refractivity contribution in [3.63, 3.8) is 0 Å². The van der Waals surface area contributed by atoms with Crippen LogP contribution in [0, 0.1) is 0 Å². The highest BCUT2D eigenvalue weighted by Gasteiger charge is 2.12. The van der Waals surface area contributed by atoms with E-state index in [0.29, 0.717) is 5.75 Å². The minimum atomic E-state index is 0.291. The molecule has 1 heterocycles. The molecule has 0 bridgehead atoms. The van der Waals surface area contributed by atoms with E-state index in [9.17, 15) is 5.11 Å². The predicted molar refractivity (Wildman–Crippen MR) is 63.4 cm³/mol. The maximum Gasteiger partial charge on any atom is 0.116 e. The van der Waals surface area contributed by atoms with Crippen LogP contribution in [-0.2, 0) is 12.8 Å². The average Bonchev–Trinajstić information content (AvgIpc) is 2.75. The molecule has 0 saturated heterocycles. The van der Waals surface area contributed by atoms with Gasteiger partial charge < -0.3 is 5.11 Å². The van der Waals surface area contributed by atoms with E-state index in [0.717, 1.165) is 24.1 Å². The first-order chi connectivity index (χ1) is 7.83. The van der Waals surface area contributed by atoms with Crippen molar-refractivity contribution in [1.82, 2.24) is 4.98 Å². The number of aromatic nitrogens is 1. The number of hydrogen-bond donors (Lipinski definition) is 1. The average molecular weight is 211 g/mol. The summed E-state index contributed by atoms with van der Waals surface area (Å²) in [7, 11) is 0. The first kappa shape index (κ1) is 9.40. The van der Waals surface area contributed by atoms with Crippen LogP contribution in [0.25, 0.3) is 11.3 Å². The Morgan fingerprint density at radius 3 is 2.88 bits per heavy atom. The molecule has 2 aromatic rings. The molecule has 1 N–H and O–H groups in total. The largest absolute Gasteiger partial charge is 0.508 e. The van der Waals surface area contributed by atoms with Gasteiger partial charge in [-0.05, 0) is 43.0 Å². The van der Waals surface area contributed by atoms with E-state index in [-0.39, 0.29) is 0 Å². The molecular formula is C14H13NO. The lowest BCUT2D eigenvalue weighted by Crippen LogP contribution is -1.90. The third kappa shape index (κ3) is 1.56. The van der Waals surface area contributed by atoms with E-state index >= 15 is 0 Å². The molecule has 2 nitrogen and oxygen atoms in total. The molecule has 1 aliphatic rings. The predicted octanol–water partition coefficient (Wildman–Crippen LogP) is 2.94. The van der Waals surface area contributed by atoms with Crippen molar-refractivity contribution < 1.29 is 5.11 Å². The van der Waals surface area contributed by atoms with Gasteiger partial charge in [0.25, 0.3) is 0 Å². The number of fused-ring (bicyclic) bond motifs is 1. The quantitative estimate of drug-likeness (QED) is 0.786. The molecule has 0 atom stereocenters. The van der Waals surface area contributed by atoms with Crippen molar-refractivity contribution in [2.45, 2.75) is 19.3 Å². The van der Waals surface area contributed by atoms with Crippen molar-refractivity contribution in [3.05, 3.63) is 47.7 Å². The fraction of sp³-hybridized carbons (Fsp3) is 0.214. The molecule has 0 saturated carbocycles. The number of phenols is 1. The fourth-order valence-electron chi connectivity index (χ4n) is 2.25. The van der Waals surface area contributed by atoms with Crippen molar-refractivity contribution in [2.24, 2.45) is 0 Å². The Kier molecular flexibility index (Phi) is 2.13. The van der Waals surface area contributed by atoms with Gasteiger partial charge >= 0.3 is 0 Å². The number of rotatable bonds is 1. The summed E-state index contributed by atoms with van der Waals surface area (Å²) in [6.45, 7) is 0. The van der Waals surface area contributed by atoms with Crippen LogP contribution >= 0.6 is 0 Å². The van der Waals surface area contributed by atoms with Crippen LogP contribution in [0.2, 0.25) is 0 Å². The summed E-state index contributed by atoms with van der Waals surface area (Å²) >= 11 is 0. The van der Waals surface area contributed by atoms with Gasteiger partial charge in [-0.15, -0.1) is 0 Å². The van der Waals surface area contributed by atoms with Gasteiger partial charge in [-0.2, -0.15) is 0 Å². The SMILES string of the molecule is Oc1cccc(-c2ccc3c(n2)CCC3)c1. The molecule has 1 aromatic carbocycles. The summed E-state index contributed by atoms with van der Waals surface area (Å²) < 4.78 is 0. The summed E-state index contributed by atoms with van der Waals surface area (Å²) in [6.07, 6.45) is 3.45. The first-order valence-electron chi connectivity index (χ1n) is 5.61. The molecule has 0 spiro atoms. The first-order valence-corrected chi connectivity index (χ1v) is 5.61. The smallest absolute Gasteiger partial charge is 0.116 e. The van der Waals surface area contributed by atoms with E-state index in [1.165, 1.54) is 17.7 Å². The minimum absolute atomic E-state index is 0.291. The van der Waals surface area contributed by atoms with Gasteiger partial charge in [-0.25, -0.2) is 0 Å². The molecule has 16 heavy (non-hydrogen) atoms. The number of phenolic OH excluding ortho intramolecular Hbond substituents is 1. The van der Waals surface area contributed by atoms with Crippen molar-refractivity contribution in [1.29, 1.82) is 0 Å². The molecule has 2 heteroatoms. The Bertz CT molecular complexity index is 534. The zero-order valence-corrected chi connectivity index (χ0v) is 8.98. The maximum atomic E-state index is 9.44. The third-order valence-electron chi connectivity index (χ3n) is 3.07. The highest BCUT2D eigenvalue weighted by molar-refractivity contribution is 5.61. The highest BCUT2D eigenvalue weighted by atomic mass is 16.3. The van der Waals surface area contributed by atoms with Crippen LogP contribution in [0.5, 0.6) is 5.75 Å². The van der Waals surface area contributed by atoms with Crippen LogP contribution in [0.15, 0.2) is 36.4 Å². The second-order valence-corrected chi connectivity index (χ2v) is 4.21. The molecule has 0 unspecified atom stereocenters. The van der Waals surface area contributed by atoms with Gasteiger partial charge in [0.1, 0.15) is 5.75 Å². The van der Waals surface area contributed by atoms with E-state index in [4.69, 9.17) is 0 Å². The van der Waals surface area contributed by atoms with Crippen LogP contribution in [0.1, 0.15) is 17.7 Å². The molecule has 1 aromatic heterocycles. The van der Waals surface area contributed by atoms with Crippen LogP contribution in [0.4, 0.5) is 0 Å². The van der Waals surface area contributed by atoms with E-state index in [1.54, 1.807) is 12.1 Å². The fourth-order valence-corrected chi connectivity index (χ4v) is 2.25. The standard InChI is InChI=1S/C14H13NO/c16-12-5-1-4-11(9-12)14-8-7-10-3-2-6-13(10)15-14/h1,4-5,7-9,16H,2-3,6H2. The lowest BCUT2D eigenvalue weighted by molar-refractivity contribution is 0.475. The molecular weight excluding hydrogens is 198 g/mol. The zero-order valence-electron chi connectivity index (χ0n) is 8.98. The van der Waals surface area contributed by atoms with Crippen molar-refractivity contribution >= 4 is 0 Å². The van der Waals surface area contributed by atoms with Gasteiger partial charge in [0.05, 0.1) is 5.69 Å². The molecule has 3 rings (SSSR count). The monoisotopic (exact) mass is 211 g/mol. The van der Waals surface area contributed by atoms with Crippen LogP contribution < -0.4 is 0 Å². The van der Waals surface area contributed by atoms with Gasteiger partial charge in [-0.3, -0.25) is 4.98 Å². The second-order valence-electron chi connectivity index (χ2n) is 4.21. The van der Waals surface area contributed by atoms with E-state index in [1.807, 2.05) is 18.2 Å². The van der Waals surface area contributed by atoms with Gasteiger partial charge in [0.15, 0.2) is 0 Å².